The molecule has 0 unspecified atom stereocenters. The maximum Gasteiger partial charge on any atom is 0.326 e. The highest BCUT2D eigenvalue weighted by Crippen LogP contribution is 2.14. The second kappa shape index (κ2) is 8.52. The average molecular weight is 307 g/mol. The van der Waals surface area contributed by atoms with Crippen molar-refractivity contribution in [2.24, 2.45) is 5.92 Å². The Morgan fingerprint density at radius 3 is 2.38 bits per heavy atom. The van der Waals surface area contributed by atoms with Gasteiger partial charge in [-0.25, -0.2) is 4.79 Å². The lowest BCUT2D eigenvalue weighted by Crippen LogP contribution is -2.36. The summed E-state index contributed by atoms with van der Waals surface area (Å²) >= 11 is 1.33. The lowest BCUT2D eigenvalue weighted by molar-refractivity contribution is -0.139. The smallest absolute Gasteiger partial charge is 0.326 e. The second-order valence-electron chi connectivity index (χ2n) is 5.11. The highest BCUT2D eigenvalue weighted by Gasteiger charge is 2.19. The third-order valence-corrected chi connectivity index (χ3v) is 3.54. The molecule has 0 saturated heterocycles. The number of ketones is 1. The Morgan fingerprint density at radius 1 is 1.29 bits per heavy atom. The molecule has 0 bridgehead atoms. The molecular weight excluding hydrogens is 286 g/mol. The Bertz CT molecular complexity index is 512. The summed E-state index contributed by atoms with van der Waals surface area (Å²) in [5.74, 6) is -0.788. The molecule has 21 heavy (non-hydrogen) atoms. The summed E-state index contributed by atoms with van der Waals surface area (Å²) in [5, 5.41) is 12.7. The fourth-order valence-corrected chi connectivity index (χ4v) is 2.31. The Kier molecular flexibility index (Phi) is 7.02. The molecule has 4 nitrogen and oxygen atoms in total. The van der Waals surface area contributed by atoms with Gasteiger partial charge in [0.1, 0.15) is 6.04 Å². The summed E-state index contributed by atoms with van der Waals surface area (Å²) in [5.41, 5.74) is 0.585. The van der Waals surface area contributed by atoms with Crippen LogP contribution in [0.3, 0.4) is 0 Å². The first-order chi connectivity index (χ1) is 9.93. The molecule has 114 valence electrons. The maximum absolute atomic E-state index is 12.1. The van der Waals surface area contributed by atoms with E-state index in [2.05, 4.69) is 5.32 Å². The van der Waals surface area contributed by atoms with E-state index in [1.165, 1.54) is 17.8 Å². The number of nitrogens with one attached hydrogen (secondary N) is 1. The molecule has 0 amide bonds. The fraction of sp³-hybridized carbons (Fsp3) is 0.375. The number of hydrogen-bond donors (Lipinski definition) is 2. The number of aliphatic carboxylic acids is 1. The highest BCUT2D eigenvalue weighted by molar-refractivity contribution is 8.02. The van der Waals surface area contributed by atoms with Crippen LogP contribution in [0.5, 0.6) is 0 Å². The molecule has 1 aromatic carbocycles. The van der Waals surface area contributed by atoms with Gasteiger partial charge in [-0.3, -0.25) is 4.79 Å². The standard InChI is InChI=1S/C16H21NO3S/c1-11(2)9-13(16(19)20)17-15(21-3)10-14(18)12-7-5-4-6-8-12/h4-8,10-11,13,17H,9H2,1-3H3,(H,19,20)/b15-10-/t13-/m0/s1. The second-order valence-corrected chi connectivity index (χ2v) is 5.96. The number of carbonyl (C=O) groups is 2. The summed E-state index contributed by atoms with van der Waals surface area (Å²) in [6.45, 7) is 3.93. The normalized spacial score (nSPS) is 13.0. The van der Waals surface area contributed by atoms with Gasteiger partial charge in [-0.15, -0.1) is 11.8 Å². The molecule has 0 aromatic heterocycles. The third-order valence-electron chi connectivity index (χ3n) is 2.86. The van der Waals surface area contributed by atoms with E-state index in [9.17, 15) is 14.7 Å². The van der Waals surface area contributed by atoms with Crippen molar-refractivity contribution in [3.63, 3.8) is 0 Å². The first-order valence-electron chi connectivity index (χ1n) is 6.78. The molecule has 0 saturated carbocycles. The molecule has 2 N–H and O–H groups in total. The van der Waals surface area contributed by atoms with Crippen molar-refractivity contribution in [2.75, 3.05) is 6.26 Å². The highest BCUT2D eigenvalue weighted by atomic mass is 32.2. The van der Waals surface area contributed by atoms with Gasteiger partial charge in [-0.2, -0.15) is 0 Å². The number of carbonyl (C=O) groups excluding carboxylic acids is 1. The van der Waals surface area contributed by atoms with Gasteiger partial charge in [-0.1, -0.05) is 44.2 Å². The molecule has 5 heteroatoms. The number of allylic oxidation sites excluding steroid dienone is 1. The first-order valence-corrected chi connectivity index (χ1v) is 8.01. The van der Waals surface area contributed by atoms with Crippen LogP contribution < -0.4 is 5.32 Å². The van der Waals surface area contributed by atoms with Gasteiger partial charge in [-0.05, 0) is 18.6 Å². The van der Waals surface area contributed by atoms with Crippen LogP contribution in [0.25, 0.3) is 0 Å². The van der Waals surface area contributed by atoms with Crippen LogP contribution in [0.15, 0.2) is 41.4 Å². The molecule has 1 atom stereocenters. The molecule has 0 fully saturated rings. The van der Waals surface area contributed by atoms with E-state index in [0.717, 1.165) is 0 Å². The van der Waals surface area contributed by atoms with Crippen molar-refractivity contribution in [1.29, 1.82) is 0 Å². The molecule has 0 aliphatic carbocycles. The largest absolute Gasteiger partial charge is 0.480 e. The molecule has 0 heterocycles. The van der Waals surface area contributed by atoms with Crippen LogP contribution in [-0.2, 0) is 4.79 Å². The van der Waals surface area contributed by atoms with Gasteiger partial charge in [0, 0.05) is 11.6 Å². The zero-order chi connectivity index (χ0) is 15.8. The lowest BCUT2D eigenvalue weighted by Gasteiger charge is -2.18. The SMILES string of the molecule is CS/C(=C\C(=O)c1ccccc1)N[C@@H](CC(C)C)C(=O)O. The van der Waals surface area contributed by atoms with E-state index in [0.29, 0.717) is 17.0 Å². The molecular formula is C16H21NO3S. The van der Waals surface area contributed by atoms with Gasteiger partial charge in [0.05, 0.1) is 5.03 Å². The van der Waals surface area contributed by atoms with Gasteiger partial charge in [0.15, 0.2) is 5.78 Å². The Balaban J connectivity index is 2.83. The molecule has 1 aromatic rings. The van der Waals surface area contributed by atoms with E-state index >= 15 is 0 Å². The minimum Gasteiger partial charge on any atom is -0.480 e. The van der Waals surface area contributed by atoms with Crippen molar-refractivity contribution >= 4 is 23.5 Å². The van der Waals surface area contributed by atoms with Crippen LogP contribution in [-0.4, -0.2) is 29.2 Å². The summed E-state index contributed by atoms with van der Waals surface area (Å²) < 4.78 is 0. The molecule has 0 radical (unpaired) electrons. The number of rotatable bonds is 8. The van der Waals surface area contributed by atoms with Crippen LogP contribution in [0, 0.1) is 5.92 Å². The fourth-order valence-electron chi connectivity index (χ4n) is 1.83. The molecule has 0 spiro atoms. The predicted octanol–water partition coefficient (Wildman–Crippen LogP) is 3.16. The topological polar surface area (TPSA) is 66.4 Å². The van der Waals surface area contributed by atoms with E-state index in [1.54, 1.807) is 24.3 Å². The van der Waals surface area contributed by atoms with E-state index < -0.39 is 12.0 Å². The zero-order valence-electron chi connectivity index (χ0n) is 12.5. The van der Waals surface area contributed by atoms with Gasteiger partial charge < -0.3 is 10.4 Å². The van der Waals surface area contributed by atoms with Gasteiger partial charge in [0.2, 0.25) is 0 Å². The Hall–Kier alpha value is -1.75. The number of carboxylic acid groups (broad SMARTS) is 1. The van der Waals surface area contributed by atoms with Crippen molar-refractivity contribution in [3.05, 3.63) is 47.0 Å². The molecule has 0 aliphatic rings. The summed E-state index contributed by atoms with van der Waals surface area (Å²) in [7, 11) is 0. The van der Waals surface area contributed by atoms with E-state index in [1.807, 2.05) is 26.2 Å². The van der Waals surface area contributed by atoms with Gasteiger partial charge >= 0.3 is 5.97 Å². The summed E-state index contributed by atoms with van der Waals surface area (Å²) in [6.07, 6.45) is 3.77. The average Bonchev–Trinajstić information content (AvgIpc) is 2.45. The minimum absolute atomic E-state index is 0.138. The quantitative estimate of drug-likeness (QED) is 0.570. The monoisotopic (exact) mass is 307 g/mol. The number of hydrogen-bond acceptors (Lipinski definition) is 4. The van der Waals surface area contributed by atoms with Crippen LogP contribution in [0.4, 0.5) is 0 Å². The molecule has 1 rings (SSSR count). The Morgan fingerprint density at radius 2 is 1.90 bits per heavy atom. The van der Waals surface area contributed by atoms with Crippen molar-refractivity contribution in [3.8, 4) is 0 Å². The van der Waals surface area contributed by atoms with E-state index in [4.69, 9.17) is 0 Å². The minimum atomic E-state index is -0.907. The van der Waals surface area contributed by atoms with Crippen LogP contribution >= 0.6 is 11.8 Å². The molecule has 0 aliphatic heterocycles. The third kappa shape index (κ3) is 6.04. The van der Waals surface area contributed by atoms with Gasteiger partial charge in [0.25, 0.3) is 0 Å². The number of benzene rings is 1. The number of thioether (sulfide) groups is 1. The summed E-state index contributed by atoms with van der Waals surface area (Å²) in [4.78, 5) is 23.4. The van der Waals surface area contributed by atoms with Crippen molar-refractivity contribution < 1.29 is 14.7 Å². The summed E-state index contributed by atoms with van der Waals surface area (Å²) in [6, 6.07) is 8.22. The van der Waals surface area contributed by atoms with Crippen LogP contribution in [0.1, 0.15) is 30.6 Å². The zero-order valence-corrected chi connectivity index (χ0v) is 13.3. The number of carboxylic acids is 1. The predicted molar refractivity (Wildman–Crippen MR) is 86.4 cm³/mol. The van der Waals surface area contributed by atoms with Crippen LogP contribution in [0.2, 0.25) is 0 Å². The van der Waals surface area contributed by atoms with Crippen molar-refractivity contribution in [1.82, 2.24) is 5.32 Å². The Labute approximate surface area is 129 Å². The maximum atomic E-state index is 12.1. The van der Waals surface area contributed by atoms with Crippen molar-refractivity contribution in [2.45, 2.75) is 26.3 Å². The lowest BCUT2D eigenvalue weighted by atomic mass is 10.0. The van der Waals surface area contributed by atoms with E-state index in [-0.39, 0.29) is 11.7 Å². The first kappa shape index (κ1) is 17.3.